The largest absolute Gasteiger partial charge is 0.497 e. The molecular formula is C27H22O7. The second kappa shape index (κ2) is 10.8. The average Bonchev–Trinajstić information content (AvgIpc) is 2.90. The van der Waals surface area contributed by atoms with Gasteiger partial charge in [-0.15, -0.1) is 0 Å². The summed E-state index contributed by atoms with van der Waals surface area (Å²) in [6.45, 7) is 0. The number of rotatable bonds is 7. The molecule has 7 nitrogen and oxygen atoms in total. The van der Waals surface area contributed by atoms with Crippen molar-refractivity contribution in [3.63, 3.8) is 0 Å². The Morgan fingerprint density at radius 2 is 1.21 bits per heavy atom. The normalized spacial score (nSPS) is 9.88. The van der Waals surface area contributed by atoms with Crippen LogP contribution < -0.4 is 14.2 Å². The lowest BCUT2D eigenvalue weighted by Crippen LogP contribution is -2.15. The first-order valence-corrected chi connectivity index (χ1v) is 10.1. The Morgan fingerprint density at radius 1 is 0.588 bits per heavy atom. The topological polar surface area (TPSA) is 88.1 Å². The van der Waals surface area contributed by atoms with Crippen LogP contribution in [0.3, 0.4) is 0 Å². The van der Waals surface area contributed by atoms with Crippen LogP contribution in [0.2, 0.25) is 0 Å². The van der Waals surface area contributed by atoms with Crippen LogP contribution in [0, 0.1) is 11.8 Å². The van der Waals surface area contributed by atoms with Crippen molar-refractivity contribution in [3.05, 3.63) is 88.5 Å². The molecule has 0 amide bonds. The van der Waals surface area contributed by atoms with Crippen LogP contribution in [0.5, 0.6) is 17.2 Å². The standard InChI is InChI=1S/C27H22O7/c1-31-22-14-18(6-5-17-7-12-23(32-2)24(15-17)33-3)13-21(16-22)26(29)25(28)19-8-10-20(11-9-19)27(30)34-4/h7-16H,1-4H3. The van der Waals surface area contributed by atoms with E-state index in [4.69, 9.17) is 14.2 Å². The van der Waals surface area contributed by atoms with Crippen molar-refractivity contribution in [1.29, 1.82) is 0 Å². The van der Waals surface area contributed by atoms with Gasteiger partial charge in [0.05, 0.1) is 34.0 Å². The molecule has 0 aliphatic heterocycles. The zero-order valence-electron chi connectivity index (χ0n) is 19.1. The number of methoxy groups -OCH3 is 4. The first kappa shape index (κ1) is 24.1. The highest BCUT2D eigenvalue weighted by molar-refractivity contribution is 6.49. The predicted octanol–water partition coefficient (Wildman–Crippen LogP) is 3.96. The van der Waals surface area contributed by atoms with Gasteiger partial charge in [0.2, 0.25) is 11.6 Å². The Labute approximate surface area is 197 Å². The fourth-order valence-corrected chi connectivity index (χ4v) is 3.12. The van der Waals surface area contributed by atoms with Gasteiger partial charge in [0.25, 0.3) is 0 Å². The van der Waals surface area contributed by atoms with Gasteiger partial charge in [-0.25, -0.2) is 4.79 Å². The zero-order chi connectivity index (χ0) is 24.7. The number of benzene rings is 3. The van der Waals surface area contributed by atoms with Gasteiger partial charge in [-0.05, 0) is 48.5 Å². The summed E-state index contributed by atoms with van der Waals surface area (Å²) in [6, 6.07) is 15.6. The van der Waals surface area contributed by atoms with E-state index in [1.54, 1.807) is 31.4 Å². The molecule has 0 bridgehead atoms. The van der Waals surface area contributed by atoms with E-state index in [0.717, 1.165) is 0 Å². The molecule has 0 atom stereocenters. The minimum absolute atomic E-state index is 0.137. The molecule has 0 saturated carbocycles. The van der Waals surface area contributed by atoms with Gasteiger partial charge in [0, 0.05) is 22.3 Å². The fraction of sp³-hybridized carbons (Fsp3) is 0.148. The number of Topliss-reactive ketones (excluding diaryl/α,β-unsaturated/α-hetero) is 2. The summed E-state index contributed by atoms with van der Waals surface area (Å²) in [4.78, 5) is 37.2. The number of ether oxygens (including phenoxy) is 4. The van der Waals surface area contributed by atoms with Gasteiger partial charge >= 0.3 is 5.97 Å². The molecule has 3 rings (SSSR count). The third kappa shape index (κ3) is 5.43. The highest BCUT2D eigenvalue weighted by atomic mass is 16.5. The number of carbonyl (C=O) groups excluding carboxylic acids is 3. The van der Waals surface area contributed by atoms with Crippen LogP contribution in [-0.4, -0.2) is 46.0 Å². The summed E-state index contributed by atoms with van der Waals surface area (Å²) in [6.07, 6.45) is 0. The Hall–Kier alpha value is -4.57. The zero-order valence-corrected chi connectivity index (χ0v) is 19.1. The number of ketones is 2. The van der Waals surface area contributed by atoms with Crippen molar-refractivity contribution >= 4 is 17.5 Å². The lowest BCUT2D eigenvalue weighted by molar-refractivity contribution is 0.0600. The van der Waals surface area contributed by atoms with Crippen LogP contribution in [-0.2, 0) is 4.74 Å². The minimum Gasteiger partial charge on any atom is -0.497 e. The minimum atomic E-state index is -0.723. The molecule has 7 heteroatoms. The molecule has 0 heterocycles. The molecule has 34 heavy (non-hydrogen) atoms. The molecule has 3 aromatic carbocycles. The molecule has 172 valence electrons. The molecule has 0 unspecified atom stereocenters. The maximum absolute atomic E-state index is 12.9. The van der Waals surface area contributed by atoms with Crippen molar-refractivity contribution in [2.75, 3.05) is 28.4 Å². The summed E-state index contributed by atoms with van der Waals surface area (Å²) in [7, 11) is 5.81. The lowest BCUT2D eigenvalue weighted by Gasteiger charge is -2.07. The van der Waals surface area contributed by atoms with Gasteiger partial charge in [0.1, 0.15) is 5.75 Å². The number of esters is 1. The van der Waals surface area contributed by atoms with E-state index < -0.39 is 17.5 Å². The Balaban J connectivity index is 1.90. The molecule has 0 fully saturated rings. The van der Waals surface area contributed by atoms with Gasteiger partial charge in [-0.1, -0.05) is 24.0 Å². The van der Waals surface area contributed by atoms with Crippen molar-refractivity contribution in [2.24, 2.45) is 0 Å². The van der Waals surface area contributed by atoms with Crippen LogP contribution >= 0.6 is 0 Å². The molecule has 0 radical (unpaired) electrons. The van der Waals surface area contributed by atoms with Crippen LogP contribution in [0.1, 0.15) is 42.2 Å². The molecule has 0 aliphatic rings. The Kier molecular flexibility index (Phi) is 7.67. The average molecular weight is 458 g/mol. The molecule has 0 aromatic heterocycles. The highest BCUT2D eigenvalue weighted by Crippen LogP contribution is 2.27. The van der Waals surface area contributed by atoms with Crippen LogP contribution in [0.4, 0.5) is 0 Å². The second-order valence-electron chi connectivity index (χ2n) is 7.00. The quantitative estimate of drug-likeness (QED) is 0.229. The summed E-state index contributed by atoms with van der Waals surface area (Å²) in [5, 5.41) is 0. The maximum atomic E-state index is 12.9. The first-order valence-electron chi connectivity index (χ1n) is 10.1. The molecule has 0 N–H and O–H groups in total. The van der Waals surface area contributed by atoms with E-state index in [1.807, 2.05) is 0 Å². The summed E-state index contributed by atoms with van der Waals surface area (Å²) >= 11 is 0. The van der Waals surface area contributed by atoms with E-state index in [9.17, 15) is 14.4 Å². The Morgan fingerprint density at radius 3 is 1.82 bits per heavy atom. The number of hydrogen-bond donors (Lipinski definition) is 0. The number of carbonyl (C=O) groups is 3. The smallest absolute Gasteiger partial charge is 0.337 e. The number of hydrogen-bond acceptors (Lipinski definition) is 7. The maximum Gasteiger partial charge on any atom is 0.337 e. The van der Waals surface area contributed by atoms with Crippen molar-refractivity contribution in [1.82, 2.24) is 0 Å². The van der Waals surface area contributed by atoms with E-state index >= 15 is 0 Å². The highest BCUT2D eigenvalue weighted by Gasteiger charge is 2.20. The molecule has 3 aromatic rings. The third-order valence-corrected chi connectivity index (χ3v) is 4.91. The van der Waals surface area contributed by atoms with E-state index in [0.29, 0.717) is 28.4 Å². The van der Waals surface area contributed by atoms with Gasteiger partial charge < -0.3 is 18.9 Å². The summed E-state index contributed by atoms with van der Waals surface area (Å²) < 4.78 is 20.4. The summed E-state index contributed by atoms with van der Waals surface area (Å²) in [5.41, 5.74) is 1.73. The van der Waals surface area contributed by atoms with Crippen LogP contribution in [0.25, 0.3) is 0 Å². The first-order chi connectivity index (χ1) is 16.4. The van der Waals surface area contributed by atoms with Crippen LogP contribution in [0.15, 0.2) is 60.7 Å². The molecule has 0 aliphatic carbocycles. The van der Waals surface area contributed by atoms with Gasteiger partial charge in [-0.3, -0.25) is 9.59 Å². The molecule has 0 saturated heterocycles. The molecule has 0 spiro atoms. The van der Waals surface area contributed by atoms with Gasteiger partial charge in [-0.2, -0.15) is 0 Å². The summed E-state index contributed by atoms with van der Waals surface area (Å²) in [5.74, 6) is 5.53. The SMILES string of the molecule is COC(=O)c1ccc(C(=O)C(=O)c2cc(C#Cc3ccc(OC)c(OC)c3)cc(OC)c2)cc1. The monoisotopic (exact) mass is 458 g/mol. The predicted molar refractivity (Wildman–Crippen MR) is 125 cm³/mol. The van der Waals surface area contributed by atoms with E-state index in [1.165, 1.54) is 57.7 Å². The van der Waals surface area contributed by atoms with Crippen molar-refractivity contribution < 1.29 is 33.3 Å². The van der Waals surface area contributed by atoms with E-state index in [-0.39, 0.29) is 16.7 Å². The van der Waals surface area contributed by atoms with Crippen molar-refractivity contribution in [2.45, 2.75) is 0 Å². The lowest BCUT2D eigenvalue weighted by atomic mass is 9.99. The van der Waals surface area contributed by atoms with E-state index in [2.05, 4.69) is 16.6 Å². The van der Waals surface area contributed by atoms with Gasteiger partial charge in [0.15, 0.2) is 11.5 Å². The Bertz CT molecular complexity index is 1290. The second-order valence-corrected chi connectivity index (χ2v) is 7.00. The molecular weight excluding hydrogens is 436 g/mol. The van der Waals surface area contributed by atoms with Crippen molar-refractivity contribution in [3.8, 4) is 29.1 Å². The fourth-order valence-electron chi connectivity index (χ4n) is 3.12. The third-order valence-electron chi connectivity index (χ3n) is 4.91.